The third-order valence-electron chi connectivity index (χ3n) is 1.88. The molecule has 0 radical (unpaired) electrons. The molecule has 10 heavy (non-hydrogen) atoms. The fraction of sp³-hybridized carbons (Fsp3) is 0.556. The van der Waals surface area contributed by atoms with Gasteiger partial charge in [-0.1, -0.05) is 11.5 Å². The molecule has 0 aromatic heterocycles. The van der Waals surface area contributed by atoms with E-state index in [0.717, 1.165) is 19.3 Å². The van der Waals surface area contributed by atoms with Gasteiger partial charge in [0.25, 0.3) is 0 Å². The molecule has 1 unspecified atom stereocenters. The van der Waals surface area contributed by atoms with Crippen LogP contribution in [0.4, 0.5) is 0 Å². The van der Waals surface area contributed by atoms with Gasteiger partial charge in [0.05, 0.1) is 0 Å². The summed E-state index contributed by atoms with van der Waals surface area (Å²) in [6, 6.07) is 0.355. The number of rotatable bonds is 0. The van der Waals surface area contributed by atoms with E-state index in [0.29, 0.717) is 6.04 Å². The Balaban J connectivity index is 2.49. The van der Waals surface area contributed by atoms with Gasteiger partial charge in [-0.25, -0.2) is 0 Å². The van der Waals surface area contributed by atoms with E-state index in [4.69, 9.17) is 12.2 Å². The van der Waals surface area contributed by atoms with Gasteiger partial charge in [0.15, 0.2) is 0 Å². The van der Waals surface area contributed by atoms with Crippen LogP contribution in [0.1, 0.15) is 25.7 Å². The molecule has 0 aromatic carbocycles. The Morgan fingerprint density at radius 3 is 3.10 bits per heavy atom. The maximum Gasteiger partial charge on any atom is 0.00765 e. The molecule has 0 spiro atoms. The molecular weight excluding hydrogens is 122 g/mol. The summed E-state index contributed by atoms with van der Waals surface area (Å²) in [6.45, 7) is 0. The zero-order valence-electron chi connectivity index (χ0n) is 6.14. The molecule has 0 aromatic rings. The van der Waals surface area contributed by atoms with E-state index in [1.54, 1.807) is 0 Å². The summed E-state index contributed by atoms with van der Waals surface area (Å²) in [5.41, 5.74) is 7.09. The highest BCUT2D eigenvalue weighted by Crippen LogP contribution is 2.21. The van der Waals surface area contributed by atoms with Crippen LogP contribution in [-0.2, 0) is 0 Å². The lowest BCUT2D eigenvalue weighted by Crippen LogP contribution is -2.23. The summed E-state index contributed by atoms with van der Waals surface area (Å²) in [4.78, 5) is 0. The fourth-order valence-corrected chi connectivity index (χ4v) is 1.38. The maximum atomic E-state index is 5.75. The quantitative estimate of drug-likeness (QED) is 0.500. The van der Waals surface area contributed by atoms with Gasteiger partial charge < -0.3 is 5.73 Å². The van der Waals surface area contributed by atoms with Crippen molar-refractivity contribution in [2.45, 2.75) is 31.7 Å². The first kappa shape index (κ1) is 7.37. The number of terminal acetylenes is 1. The Bertz CT molecular complexity index is 174. The van der Waals surface area contributed by atoms with Crippen LogP contribution in [0.5, 0.6) is 0 Å². The van der Waals surface area contributed by atoms with Crippen LogP contribution in [0.25, 0.3) is 0 Å². The molecule has 1 rings (SSSR count). The van der Waals surface area contributed by atoms with Crippen molar-refractivity contribution in [2.24, 2.45) is 5.73 Å². The van der Waals surface area contributed by atoms with E-state index in [1.807, 2.05) is 6.08 Å². The molecule has 2 N–H and O–H groups in total. The van der Waals surface area contributed by atoms with Gasteiger partial charge in [0.2, 0.25) is 0 Å². The van der Waals surface area contributed by atoms with Crippen LogP contribution < -0.4 is 5.73 Å². The van der Waals surface area contributed by atoms with Gasteiger partial charge >= 0.3 is 0 Å². The second kappa shape index (κ2) is 3.43. The Hall–Kier alpha value is -0.740. The molecule has 1 saturated carbocycles. The lowest BCUT2D eigenvalue weighted by molar-refractivity contribution is 0.518. The normalized spacial score (nSPS) is 30.0. The summed E-state index contributed by atoms with van der Waals surface area (Å²) < 4.78 is 0. The molecule has 1 aliphatic carbocycles. The van der Waals surface area contributed by atoms with Crippen LogP contribution >= 0.6 is 0 Å². The molecule has 0 aliphatic heterocycles. The fourth-order valence-electron chi connectivity index (χ4n) is 1.38. The van der Waals surface area contributed by atoms with Crippen molar-refractivity contribution in [3.05, 3.63) is 11.6 Å². The van der Waals surface area contributed by atoms with Crippen molar-refractivity contribution in [2.75, 3.05) is 0 Å². The summed E-state index contributed by atoms with van der Waals surface area (Å²) in [6.07, 6.45) is 11.5. The number of allylic oxidation sites excluding steroid dienone is 1. The lowest BCUT2D eigenvalue weighted by Gasteiger charge is -2.19. The van der Waals surface area contributed by atoms with E-state index >= 15 is 0 Å². The molecule has 1 aliphatic rings. The smallest absolute Gasteiger partial charge is 0.00765 e. The zero-order chi connectivity index (χ0) is 7.40. The SMILES string of the molecule is C#C/C=C1\CCCC(N)C1. The summed E-state index contributed by atoms with van der Waals surface area (Å²) in [7, 11) is 0. The second-order valence-corrected chi connectivity index (χ2v) is 2.83. The van der Waals surface area contributed by atoms with E-state index in [1.165, 1.54) is 12.0 Å². The predicted molar refractivity (Wildman–Crippen MR) is 43.4 cm³/mol. The summed E-state index contributed by atoms with van der Waals surface area (Å²) in [5.74, 6) is 2.54. The third-order valence-corrected chi connectivity index (χ3v) is 1.88. The molecular formula is C9H13N. The van der Waals surface area contributed by atoms with E-state index < -0.39 is 0 Å². The van der Waals surface area contributed by atoms with Crippen molar-refractivity contribution < 1.29 is 0 Å². The molecule has 0 amide bonds. The first-order chi connectivity index (χ1) is 4.83. The first-order valence-electron chi connectivity index (χ1n) is 3.72. The van der Waals surface area contributed by atoms with Crippen molar-refractivity contribution in [1.29, 1.82) is 0 Å². The predicted octanol–water partition coefficient (Wildman–Crippen LogP) is 1.45. The topological polar surface area (TPSA) is 26.0 Å². The van der Waals surface area contributed by atoms with Gasteiger partial charge in [0, 0.05) is 6.04 Å². The highest BCUT2D eigenvalue weighted by molar-refractivity contribution is 5.19. The molecule has 1 heteroatoms. The van der Waals surface area contributed by atoms with Gasteiger partial charge in [-0.05, 0) is 31.8 Å². The second-order valence-electron chi connectivity index (χ2n) is 2.83. The molecule has 1 fully saturated rings. The van der Waals surface area contributed by atoms with Gasteiger partial charge in [-0.3, -0.25) is 0 Å². The monoisotopic (exact) mass is 135 g/mol. The first-order valence-corrected chi connectivity index (χ1v) is 3.72. The summed E-state index contributed by atoms with van der Waals surface area (Å²) in [5, 5.41) is 0. The Morgan fingerprint density at radius 2 is 2.50 bits per heavy atom. The van der Waals surface area contributed by atoms with Crippen LogP contribution in [0.2, 0.25) is 0 Å². The van der Waals surface area contributed by atoms with E-state index in [2.05, 4.69) is 5.92 Å². The van der Waals surface area contributed by atoms with Crippen LogP contribution in [0.15, 0.2) is 11.6 Å². The minimum Gasteiger partial charge on any atom is -0.327 e. The molecule has 0 bridgehead atoms. The van der Waals surface area contributed by atoms with Gasteiger partial charge in [-0.2, -0.15) is 0 Å². The van der Waals surface area contributed by atoms with Gasteiger partial charge in [-0.15, -0.1) is 6.42 Å². The van der Waals surface area contributed by atoms with Crippen molar-refractivity contribution in [3.63, 3.8) is 0 Å². The third kappa shape index (κ3) is 1.89. The highest BCUT2D eigenvalue weighted by atomic mass is 14.6. The highest BCUT2D eigenvalue weighted by Gasteiger charge is 2.11. The summed E-state index contributed by atoms with van der Waals surface area (Å²) >= 11 is 0. The van der Waals surface area contributed by atoms with Crippen LogP contribution in [0.3, 0.4) is 0 Å². The lowest BCUT2D eigenvalue weighted by atomic mass is 9.91. The Morgan fingerprint density at radius 1 is 1.70 bits per heavy atom. The standard InChI is InChI=1S/C9H13N/c1-2-4-8-5-3-6-9(10)7-8/h1,4,9H,3,5-7,10H2/b8-4+. The van der Waals surface area contributed by atoms with E-state index in [9.17, 15) is 0 Å². The number of hydrogen-bond donors (Lipinski definition) is 1. The zero-order valence-corrected chi connectivity index (χ0v) is 6.14. The van der Waals surface area contributed by atoms with Crippen molar-refractivity contribution in [3.8, 4) is 12.3 Å². The Kier molecular flexibility index (Phi) is 2.53. The van der Waals surface area contributed by atoms with Crippen molar-refractivity contribution >= 4 is 0 Å². The maximum absolute atomic E-state index is 5.75. The van der Waals surface area contributed by atoms with E-state index in [-0.39, 0.29) is 0 Å². The number of nitrogens with two attached hydrogens (primary N) is 1. The largest absolute Gasteiger partial charge is 0.327 e. The Labute approximate surface area is 62.3 Å². The molecule has 0 saturated heterocycles. The average Bonchev–Trinajstić information content (AvgIpc) is 1.88. The molecule has 1 nitrogen and oxygen atoms in total. The van der Waals surface area contributed by atoms with Gasteiger partial charge in [0.1, 0.15) is 0 Å². The minimum absolute atomic E-state index is 0.355. The number of hydrogen-bond acceptors (Lipinski definition) is 1. The molecule has 0 heterocycles. The average molecular weight is 135 g/mol. The van der Waals surface area contributed by atoms with Crippen LogP contribution in [0, 0.1) is 12.3 Å². The minimum atomic E-state index is 0.355. The van der Waals surface area contributed by atoms with Crippen LogP contribution in [-0.4, -0.2) is 6.04 Å². The van der Waals surface area contributed by atoms with Crippen molar-refractivity contribution in [1.82, 2.24) is 0 Å². The molecule has 1 atom stereocenters. The molecule has 54 valence electrons.